The van der Waals surface area contributed by atoms with Gasteiger partial charge in [0, 0.05) is 12.6 Å². The van der Waals surface area contributed by atoms with Gasteiger partial charge in [-0.05, 0) is 47.2 Å². The monoisotopic (exact) mass is 402 g/mol. The van der Waals surface area contributed by atoms with Crippen molar-refractivity contribution in [3.63, 3.8) is 0 Å². The average Bonchev–Trinajstić information content (AvgIpc) is 3.37. The molecule has 4 rings (SSSR count). The molecule has 0 aliphatic heterocycles. The van der Waals surface area contributed by atoms with Crippen LogP contribution in [0.4, 0.5) is 13.2 Å². The van der Waals surface area contributed by atoms with Crippen molar-refractivity contribution in [2.24, 2.45) is 0 Å². The number of H-pyrrole nitrogens is 1. The number of nitriles is 1. The Kier molecular flexibility index (Phi) is 4.56. The van der Waals surface area contributed by atoms with Crippen molar-refractivity contribution in [3.05, 3.63) is 47.3 Å². The summed E-state index contributed by atoms with van der Waals surface area (Å²) in [5.41, 5.74) is 0.375. The van der Waals surface area contributed by atoms with Crippen LogP contribution in [0.25, 0.3) is 22.2 Å². The quantitative estimate of drug-likeness (QED) is 0.608. The van der Waals surface area contributed by atoms with E-state index >= 15 is 0 Å². The van der Waals surface area contributed by atoms with Crippen LogP contribution in [0.3, 0.4) is 0 Å². The summed E-state index contributed by atoms with van der Waals surface area (Å²) in [5, 5.41) is 34.1. The first-order valence-corrected chi connectivity index (χ1v) is 9.03. The Bertz CT molecular complexity index is 1110. The van der Waals surface area contributed by atoms with Gasteiger partial charge in [0.1, 0.15) is 5.69 Å². The third kappa shape index (κ3) is 3.45. The third-order valence-electron chi connectivity index (χ3n) is 5.24. The van der Waals surface area contributed by atoms with Gasteiger partial charge in [-0.3, -0.25) is 5.10 Å². The van der Waals surface area contributed by atoms with Gasteiger partial charge in [0.2, 0.25) is 0 Å². The minimum absolute atomic E-state index is 0.0569. The van der Waals surface area contributed by atoms with Gasteiger partial charge < -0.3 is 10.2 Å². The molecule has 0 unspecified atom stereocenters. The number of halogens is 3. The van der Waals surface area contributed by atoms with Crippen LogP contribution in [0.2, 0.25) is 0 Å². The SMILES string of the molecule is N#CC1(c2cc(C[C@H](O)CO)cc(-c3ccnc4n[nH]c(C(F)(F)F)c34)c2)CC1. The van der Waals surface area contributed by atoms with Gasteiger partial charge in [-0.1, -0.05) is 12.1 Å². The topological polar surface area (TPSA) is 106 Å². The number of pyridine rings is 1. The van der Waals surface area contributed by atoms with E-state index < -0.39 is 30.0 Å². The summed E-state index contributed by atoms with van der Waals surface area (Å²) in [6.07, 6.45) is -2.81. The van der Waals surface area contributed by atoms with Gasteiger partial charge in [0.05, 0.1) is 29.6 Å². The second-order valence-electron chi connectivity index (χ2n) is 7.31. The Morgan fingerprint density at radius 3 is 2.66 bits per heavy atom. The van der Waals surface area contributed by atoms with Crippen molar-refractivity contribution in [2.45, 2.75) is 37.0 Å². The fourth-order valence-corrected chi connectivity index (χ4v) is 3.56. The normalized spacial score (nSPS) is 16.6. The Morgan fingerprint density at radius 1 is 1.28 bits per heavy atom. The number of benzene rings is 1. The molecule has 3 aromatic rings. The Morgan fingerprint density at radius 2 is 2.03 bits per heavy atom. The summed E-state index contributed by atoms with van der Waals surface area (Å²) < 4.78 is 40.4. The molecule has 2 heterocycles. The van der Waals surface area contributed by atoms with Crippen LogP contribution in [0.1, 0.15) is 29.7 Å². The maximum atomic E-state index is 13.5. The van der Waals surface area contributed by atoms with Crippen LogP contribution in [-0.2, 0) is 18.0 Å². The highest BCUT2D eigenvalue weighted by molar-refractivity contribution is 5.95. The first kappa shape index (κ1) is 19.4. The first-order chi connectivity index (χ1) is 13.8. The molecule has 1 atom stereocenters. The molecule has 0 radical (unpaired) electrons. The molecule has 1 saturated carbocycles. The summed E-state index contributed by atoms with van der Waals surface area (Å²) in [5.74, 6) is 0. The highest BCUT2D eigenvalue weighted by Crippen LogP contribution is 2.49. The standard InChI is InChI=1S/C20H17F3N4O2/c21-20(22,23)17-16-15(1-4-25-18(16)27-26-17)12-5-11(7-14(29)9-28)6-13(8-12)19(10-24)2-3-19/h1,4-6,8,14,28-29H,2-3,7,9H2,(H,25,26,27)/t14-/m0/s1. The number of aromatic amines is 1. The molecule has 0 amide bonds. The summed E-state index contributed by atoms with van der Waals surface area (Å²) >= 11 is 0. The summed E-state index contributed by atoms with van der Waals surface area (Å²) in [7, 11) is 0. The maximum Gasteiger partial charge on any atom is 0.433 e. The van der Waals surface area contributed by atoms with Crippen LogP contribution in [-0.4, -0.2) is 38.1 Å². The van der Waals surface area contributed by atoms with Crippen molar-refractivity contribution in [3.8, 4) is 17.2 Å². The van der Waals surface area contributed by atoms with E-state index in [9.17, 15) is 23.5 Å². The van der Waals surface area contributed by atoms with Crippen molar-refractivity contribution in [1.29, 1.82) is 5.26 Å². The molecular formula is C20H17F3N4O2. The molecule has 0 saturated heterocycles. The number of hydrogen-bond acceptors (Lipinski definition) is 5. The van der Waals surface area contributed by atoms with E-state index in [1.165, 1.54) is 12.3 Å². The lowest BCUT2D eigenvalue weighted by Gasteiger charge is -2.15. The minimum atomic E-state index is -4.63. The molecule has 0 spiro atoms. The Balaban J connectivity index is 1.93. The summed E-state index contributed by atoms with van der Waals surface area (Å²) in [6, 6.07) is 8.92. The van der Waals surface area contributed by atoms with E-state index in [1.54, 1.807) is 18.2 Å². The number of aromatic nitrogens is 3. The second kappa shape index (κ2) is 6.83. The highest BCUT2D eigenvalue weighted by atomic mass is 19.4. The fourth-order valence-electron chi connectivity index (χ4n) is 3.56. The molecule has 29 heavy (non-hydrogen) atoms. The molecule has 2 aromatic heterocycles. The maximum absolute atomic E-state index is 13.5. The van der Waals surface area contributed by atoms with E-state index in [-0.39, 0.29) is 23.0 Å². The molecular weight excluding hydrogens is 385 g/mol. The van der Waals surface area contributed by atoms with Crippen molar-refractivity contribution in [2.75, 3.05) is 6.61 Å². The van der Waals surface area contributed by atoms with Crippen molar-refractivity contribution in [1.82, 2.24) is 15.2 Å². The van der Waals surface area contributed by atoms with E-state index in [2.05, 4.69) is 16.2 Å². The predicted molar refractivity (Wildman–Crippen MR) is 97.6 cm³/mol. The number of fused-ring (bicyclic) bond motifs is 1. The van der Waals surface area contributed by atoms with E-state index in [0.717, 1.165) is 0 Å². The molecule has 1 aromatic carbocycles. The number of aliphatic hydroxyl groups is 2. The van der Waals surface area contributed by atoms with Crippen molar-refractivity contribution >= 4 is 11.0 Å². The molecule has 150 valence electrons. The van der Waals surface area contributed by atoms with Gasteiger partial charge in [-0.15, -0.1) is 0 Å². The van der Waals surface area contributed by atoms with Crippen LogP contribution in [0.15, 0.2) is 30.5 Å². The first-order valence-electron chi connectivity index (χ1n) is 9.03. The number of rotatable bonds is 5. The fraction of sp³-hybridized carbons (Fsp3) is 0.350. The van der Waals surface area contributed by atoms with Crippen LogP contribution < -0.4 is 0 Å². The lowest BCUT2D eigenvalue weighted by atomic mass is 9.89. The van der Waals surface area contributed by atoms with Crippen molar-refractivity contribution < 1.29 is 23.4 Å². The molecule has 3 N–H and O–H groups in total. The smallest absolute Gasteiger partial charge is 0.394 e. The minimum Gasteiger partial charge on any atom is -0.394 e. The summed E-state index contributed by atoms with van der Waals surface area (Å²) in [4.78, 5) is 3.92. The van der Waals surface area contributed by atoms with Crippen LogP contribution in [0.5, 0.6) is 0 Å². The number of aliphatic hydroxyl groups excluding tert-OH is 2. The molecule has 1 fully saturated rings. The number of hydrogen-bond donors (Lipinski definition) is 3. The average molecular weight is 402 g/mol. The van der Waals surface area contributed by atoms with Crippen LogP contribution in [0, 0.1) is 11.3 Å². The largest absolute Gasteiger partial charge is 0.433 e. The zero-order valence-corrected chi connectivity index (χ0v) is 15.2. The Labute approximate surface area is 163 Å². The van der Waals surface area contributed by atoms with Crippen LogP contribution >= 0.6 is 0 Å². The number of nitrogens with zero attached hydrogens (tertiary/aromatic N) is 3. The lowest BCUT2D eigenvalue weighted by Crippen LogP contribution is -2.16. The van der Waals surface area contributed by atoms with Gasteiger partial charge in [-0.2, -0.15) is 23.5 Å². The van der Waals surface area contributed by atoms with E-state index in [4.69, 9.17) is 5.11 Å². The molecule has 0 bridgehead atoms. The second-order valence-corrected chi connectivity index (χ2v) is 7.31. The molecule has 6 nitrogen and oxygen atoms in total. The van der Waals surface area contributed by atoms with E-state index in [1.807, 2.05) is 5.10 Å². The number of alkyl halides is 3. The molecule has 1 aliphatic rings. The van der Waals surface area contributed by atoms with Gasteiger partial charge in [0.15, 0.2) is 5.65 Å². The zero-order valence-electron chi connectivity index (χ0n) is 15.2. The third-order valence-corrected chi connectivity index (χ3v) is 5.24. The summed E-state index contributed by atoms with van der Waals surface area (Å²) in [6.45, 7) is -0.442. The Hall–Kier alpha value is -2.96. The molecule has 9 heteroatoms. The van der Waals surface area contributed by atoms with Gasteiger partial charge in [0.25, 0.3) is 0 Å². The highest BCUT2D eigenvalue weighted by Gasteiger charge is 2.45. The van der Waals surface area contributed by atoms with Gasteiger partial charge in [-0.25, -0.2) is 4.98 Å². The zero-order chi connectivity index (χ0) is 20.8. The molecule has 1 aliphatic carbocycles. The number of nitrogens with one attached hydrogen (secondary N) is 1. The van der Waals surface area contributed by atoms with E-state index in [0.29, 0.717) is 29.5 Å². The van der Waals surface area contributed by atoms with Gasteiger partial charge >= 0.3 is 6.18 Å². The predicted octanol–water partition coefficient (Wildman–Crippen LogP) is 3.09. The lowest BCUT2D eigenvalue weighted by molar-refractivity contribution is -0.139.